The first-order chi connectivity index (χ1) is 10.0. The predicted molar refractivity (Wildman–Crippen MR) is 81.4 cm³/mol. The number of hydrogen-bond acceptors (Lipinski definition) is 1. The molecule has 0 spiro atoms. The Morgan fingerprint density at radius 3 is 2.62 bits per heavy atom. The molecule has 0 heterocycles. The normalized spacial score (nSPS) is 23.6. The second kappa shape index (κ2) is 7.55. The molecule has 0 aliphatic heterocycles. The van der Waals surface area contributed by atoms with Crippen LogP contribution in [-0.4, -0.2) is 25.5 Å². The summed E-state index contributed by atoms with van der Waals surface area (Å²) in [5, 5.41) is 3.17. The van der Waals surface area contributed by atoms with E-state index in [1.54, 1.807) is 12.1 Å². The highest BCUT2D eigenvalue weighted by atomic mass is 19.1. The molecule has 1 unspecified atom stereocenters. The number of halogens is 1. The number of quaternary nitrogens is 1. The van der Waals surface area contributed by atoms with Gasteiger partial charge in [0.1, 0.15) is 12.4 Å². The average molecular weight is 293 g/mol. The average Bonchev–Trinajstić information content (AvgIpc) is 2.44. The van der Waals surface area contributed by atoms with Crippen LogP contribution in [0.15, 0.2) is 24.3 Å². The minimum Gasteiger partial charge on any atom is -0.348 e. The molecule has 3 atom stereocenters. The van der Waals surface area contributed by atoms with Gasteiger partial charge in [0.05, 0.1) is 7.05 Å². The van der Waals surface area contributed by atoms with Gasteiger partial charge in [-0.25, -0.2) is 4.39 Å². The lowest BCUT2D eigenvalue weighted by molar-refractivity contribution is -0.885. The Hall–Kier alpha value is -1.42. The van der Waals surface area contributed by atoms with Gasteiger partial charge in [0.25, 0.3) is 5.91 Å². The third-order valence-electron chi connectivity index (χ3n) is 4.34. The van der Waals surface area contributed by atoms with E-state index < -0.39 is 0 Å². The SMILES string of the molecule is C[C@@H]1CCCC[C@H]1NC(=O)C[NH+](C)Cc1ccc(F)cc1. The number of carbonyl (C=O) groups is 1. The summed E-state index contributed by atoms with van der Waals surface area (Å²) in [5.41, 5.74) is 1.05. The number of likely N-dealkylation sites (N-methyl/N-ethyl adjacent to an activating group) is 1. The zero-order valence-corrected chi connectivity index (χ0v) is 13.0. The van der Waals surface area contributed by atoms with Crippen LogP contribution in [0.4, 0.5) is 4.39 Å². The molecule has 1 aliphatic carbocycles. The van der Waals surface area contributed by atoms with Gasteiger partial charge >= 0.3 is 0 Å². The monoisotopic (exact) mass is 293 g/mol. The Morgan fingerprint density at radius 1 is 1.29 bits per heavy atom. The first-order valence-corrected chi connectivity index (χ1v) is 7.89. The van der Waals surface area contributed by atoms with E-state index in [0.717, 1.165) is 23.4 Å². The lowest BCUT2D eigenvalue weighted by atomic mass is 9.86. The molecule has 4 heteroatoms. The molecule has 0 bridgehead atoms. The second-order valence-electron chi connectivity index (χ2n) is 6.37. The molecule has 2 N–H and O–H groups in total. The summed E-state index contributed by atoms with van der Waals surface area (Å²) >= 11 is 0. The highest BCUT2D eigenvalue weighted by molar-refractivity contribution is 5.77. The standard InChI is InChI=1S/C17H25FN2O/c1-13-5-3-4-6-16(13)19-17(21)12-20(2)11-14-7-9-15(18)10-8-14/h7-10,13,16H,3-6,11-12H2,1-2H3,(H,19,21)/p+1/t13-,16-/m1/s1. The predicted octanol–water partition coefficient (Wildman–Crippen LogP) is 1.54. The van der Waals surface area contributed by atoms with Crippen LogP contribution < -0.4 is 10.2 Å². The largest absolute Gasteiger partial charge is 0.348 e. The molecular weight excluding hydrogens is 267 g/mol. The molecule has 116 valence electrons. The van der Waals surface area contributed by atoms with E-state index in [9.17, 15) is 9.18 Å². The molecule has 1 aliphatic rings. The third-order valence-corrected chi connectivity index (χ3v) is 4.34. The fourth-order valence-electron chi connectivity index (χ4n) is 3.08. The summed E-state index contributed by atoms with van der Waals surface area (Å²) in [5.74, 6) is 0.480. The van der Waals surface area contributed by atoms with Crippen molar-refractivity contribution in [1.82, 2.24) is 5.32 Å². The molecule has 21 heavy (non-hydrogen) atoms. The van der Waals surface area contributed by atoms with Crippen molar-refractivity contribution in [3.63, 3.8) is 0 Å². The second-order valence-corrected chi connectivity index (χ2v) is 6.37. The van der Waals surface area contributed by atoms with E-state index in [1.165, 1.54) is 31.4 Å². The molecule has 1 fully saturated rings. The summed E-state index contributed by atoms with van der Waals surface area (Å²) in [6.45, 7) is 3.41. The summed E-state index contributed by atoms with van der Waals surface area (Å²) < 4.78 is 12.9. The Balaban J connectivity index is 1.77. The maximum atomic E-state index is 12.9. The summed E-state index contributed by atoms with van der Waals surface area (Å²) in [6.07, 6.45) is 4.81. The van der Waals surface area contributed by atoms with E-state index >= 15 is 0 Å². The van der Waals surface area contributed by atoms with Crippen LogP contribution in [0.25, 0.3) is 0 Å². The van der Waals surface area contributed by atoms with Gasteiger partial charge in [0, 0.05) is 11.6 Å². The maximum absolute atomic E-state index is 12.9. The van der Waals surface area contributed by atoms with Crippen LogP contribution in [0.2, 0.25) is 0 Å². The molecule has 3 nitrogen and oxygen atoms in total. The van der Waals surface area contributed by atoms with Crippen LogP contribution in [-0.2, 0) is 11.3 Å². The van der Waals surface area contributed by atoms with E-state index in [4.69, 9.17) is 0 Å². The Bertz CT molecular complexity index is 460. The Kier molecular flexibility index (Phi) is 5.74. The number of nitrogens with one attached hydrogen (secondary N) is 2. The molecule has 1 saturated carbocycles. The third kappa shape index (κ3) is 5.12. The quantitative estimate of drug-likeness (QED) is 0.848. The topological polar surface area (TPSA) is 33.5 Å². The van der Waals surface area contributed by atoms with E-state index in [0.29, 0.717) is 18.5 Å². The molecule has 0 radical (unpaired) electrons. The lowest BCUT2D eigenvalue weighted by Crippen LogP contribution is -3.09. The van der Waals surface area contributed by atoms with Gasteiger partial charge in [0.15, 0.2) is 6.54 Å². The fraction of sp³-hybridized carbons (Fsp3) is 0.588. The fourth-order valence-corrected chi connectivity index (χ4v) is 3.08. The number of benzene rings is 1. The van der Waals surface area contributed by atoms with Gasteiger partial charge in [-0.05, 0) is 30.9 Å². The molecule has 1 aromatic carbocycles. The first kappa shape index (κ1) is 16.0. The van der Waals surface area contributed by atoms with Crippen molar-refractivity contribution in [1.29, 1.82) is 0 Å². The Labute approximate surface area is 126 Å². The number of amides is 1. The molecule has 1 aromatic rings. The number of carbonyl (C=O) groups excluding carboxylic acids is 1. The number of rotatable bonds is 5. The van der Waals surface area contributed by atoms with Gasteiger partial charge < -0.3 is 10.2 Å². The molecular formula is C17H26FN2O+. The van der Waals surface area contributed by atoms with Crippen LogP contribution in [0, 0.1) is 11.7 Å². The van der Waals surface area contributed by atoms with Crippen molar-refractivity contribution in [2.75, 3.05) is 13.6 Å². The van der Waals surface area contributed by atoms with Crippen molar-refractivity contribution in [3.05, 3.63) is 35.6 Å². The molecule has 0 aromatic heterocycles. The van der Waals surface area contributed by atoms with Crippen molar-refractivity contribution >= 4 is 5.91 Å². The highest BCUT2D eigenvalue weighted by Gasteiger charge is 2.23. The number of hydrogen-bond donors (Lipinski definition) is 2. The van der Waals surface area contributed by atoms with Crippen molar-refractivity contribution in [2.24, 2.45) is 5.92 Å². The van der Waals surface area contributed by atoms with Gasteiger partial charge in [-0.1, -0.05) is 31.9 Å². The Morgan fingerprint density at radius 2 is 1.95 bits per heavy atom. The van der Waals surface area contributed by atoms with Crippen LogP contribution in [0.1, 0.15) is 38.2 Å². The smallest absolute Gasteiger partial charge is 0.275 e. The van der Waals surface area contributed by atoms with Gasteiger partial charge in [0.2, 0.25) is 0 Å². The van der Waals surface area contributed by atoms with E-state index in [-0.39, 0.29) is 11.7 Å². The first-order valence-electron chi connectivity index (χ1n) is 7.89. The lowest BCUT2D eigenvalue weighted by Gasteiger charge is -2.29. The van der Waals surface area contributed by atoms with E-state index in [1.807, 2.05) is 7.05 Å². The van der Waals surface area contributed by atoms with E-state index in [2.05, 4.69) is 12.2 Å². The summed E-state index contributed by atoms with van der Waals surface area (Å²) in [7, 11) is 1.99. The van der Waals surface area contributed by atoms with Gasteiger partial charge in [-0.2, -0.15) is 0 Å². The van der Waals surface area contributed by atoms with Crippen LogP contribution in [0.3, 0.4) is 0 Å². The van der Waals surface area contributed by atoms with Crippen LogP contribution in [0.5, 0.6) is 0 Å². The maximum Gasteiger partial charge on any atom is 0.275 e. The van der Waals surface area contributed by atoms with Crippen molar-refractivity contribution < 1.29 is 14.1 Å². The van der Waals surface area contributed by atoms with Crippen LogP contribution >= 0.6 is 0 Å². The minimum atomic E-state index is -0.222. The minimum absolute atomic E-state index is 0.119. The van der Waals surface area contributed by atoms with Gasteiger partial charge in [-0.15, -0.1) is 0 Å². The summed E-state index contributed by atoms with van der Waals surface area (Å²) in [4.78, 5) is 13.2. The molecule has 2 rings (SSSR count). The molecule has 1 amide bonds. The summed E-state index contributed by atoms with van der Waals surface area (Å²) in [6, 6.07) is 6.82. The molecule has 0 saturated heterocycles. The zero-order chi connectivity index (χ0) is 15.2. The van der Waals surface area contributed by atoms with Crippen molar-refractivity contribution in [2.45, 2.75) is 45.2 Å². The zero-order valence-electron chi connectivity index (χ0n) is 13.0. The van der Waals surface area contributed by atoms with Crippen molar-refractivity contribution in [3.8, 4) is 0 Å². The van der Waals surface area contributed by atoms with Gasteiger partial charge in [-0.3, -0.25) is 4.79 Å². The highest BCUT2D eigenvalue weighted by Crippen LogP contribution is 2.23.